The van der Waals surface area contributed by atoms with Gasteiger partial charge >= 0.3 is 0 Å². The number of carbonyl (C=O) groups excluding carboxylic acids is 1. The summed E-state index contributed by atoms with van der Waals surface area (Å²) in [5.41, 5.74) is 0. The quantitative estimate of drug-likeness (QED) is 0.580. The zero-order chi connectivity index (χ0) is 11.9. The topological polar surface area (TPSA) is 29.1 Å². The lowest BCUT2D eigenvalue weighted by Crippen LogP contribution is -2.27. The molecular weight excluding hydrogens is 280 g/mol. The Morgan fingerprint density at radius 3 is 2.33 bits per heavy atom. The maximum atomic E-state index is 11.1. The summed E-state index contributed by atoms with van der Waals surface area (Å²) >= 11 is 19.3. The summed E-state index contributed by atoms with van der Waals surface area (Å²) in [5, 5.41) is 2.84. The van der Waals surface area contributed by atoms with Crippen LogP contribution in [0.2, 0.25) is 0 Å². The third-order valence-electron chi connectivity index (χ3n) is 1.86. The van der Waals surface area contributed by atoms with Crippen LogP contribution in [0.5, 0.6) is 0 Å². The van der Waals surface area contributed by atoms with E-state index in [1.54, 1.807) is 6.08 Å². The van der Waals surface area contributed by atoms with Gasteiger partial charge in [0, 0.05) is 6.54 Å². The predicted molar refractivity (Wildman–Crippen MR) is 66.7 cm³/mol. The van der Waals surface area contributed by atoms with Gasteiger partial charge in [-0.25, -0.2) is 0 Å². The molecule has 15 heavy (non-hydrogen) atoms. The summed E-state index contributed by atoms with van der Waals surface area (Å²) in [6, 6.07) is 0. The van der Waals surface area contributed by atoms with Crippen LogP contribution >= 0.6 is 46.4 Å². The molecule has 88 valence electrons. The van der Waals surface area contributed by atoms with Gasteiger partial charge in [0.2, 0.25) is 5.91 Å². The minimum Gasteiger partial charge on any atom is -0.356 e. The van der Waals surface area contributed by atoms with E-state index in [-0.39, 0.29) is 11.8 Å². The molecule has 0 spiro atoms. The molecule has 0 aromatic heterocycles. The van der Waals surface area contributed by atoms with Crippen molar-refractivity contribution in [2.75, 3.05) is 6.54 Å². The second-order valence-electron chi connectivity index (χ2n) is 3.06. The Labute approximate surface area is 110 Å². The third kappa shape index (κ3) is 10.6. The molecule has 1 amide bonds. The van der Waals surface area contributed by atoms with Gasteiger partial charge in [-0.05, 0) is 12.8 Å². The lowest BCUT2D eigenvalue weighted by molar-refractivity contribution is -0.123. The van der Waals surface area contributed by atoms with Gasteiger partial charge in [0.1, 0.15) is 0 Å². The molecule has 1 fully saturated rings. The van der Waals surface area contributed by atoms with Crippen molar-refractivity contribution in [1.82, 2.24) is 5.32 Å². The van der Waals surface area contributed by atoms with E-state index in [0.29, 0.717) is 0 Å². The maximum absolute atomic E-state index is 11.1. The van der Waals surface area contributed by atoms with Crippen molar-refractivity contribution in [3.63, 3.8) is 0 Å². The number of halogens is 4. The van der Waals surface area contributed by atoms with Crippen molar-refractivity contribution in [3.8, 4) is 0 Å². The molecule has 6 heteroatoms. The number of carbonyl (C=O) groups is 1. The minimum atomic E-state index is -1.61. The molecule has 1 atom stereocenters. The molecule has 2 nitrogen and oxygen atoms in total. The molecule has 0 saturated carbocycles. The standard InChI is InChI=1S/C8H13NO.CCl4/c1-2-7-5-3-4-6-9-8(7)10;2-1(3,4)5/h2,7H,1,3-6H2,(H,9,10);. The van der Waals surface area contributed by atoms with E-state index in [1.807, 2.05) is 0 Å². The van der Waals surface area contributed by atoms with Gasteiger partial charge < -0.3 is 5.32 Å². The van der Waals surface area contributed by atoms with Crippen molar-refractivity contribution in [2.24, 2.45) is 5.92 Å². The highest BCUT2D eigenvalue weighted by molar-refractivity contribution is 6.83. The molecular formula is C9H13Cl4NO. The summed E-state index contributed by atoms with van der Waals surface area (Å²) in [4.78, 5) is 11.1. The van der Waals surface area contributed by atoms with Crippen LogP contribution in [0.4, 0.5) is 0 Å². The number of rotatable bonds is 1. The SMILES string of the molecule is C=CC1CCCCNC1=O.ClC(Cl)(Cl)Cl. The Morgan fingerprint density at radius 1 is 1.33 bits per heavy atom. The average molecular weight is 293 g/mol. The first-order valence-corrected chi connectivity index (χ1v) is 6.01. The van der Waals surface area contributed by atoms with Gasteiger partial charge in [-0.3, -0.25) is 4.79 Å². The molecule has 1 saturated heterocycles. The van der Waals surface area contributed by atoms with Gasteiger partial charge in [0.05, 0.1) is 5.92 Å². The van der Waals surface area contributed by atoms with E-state index < -0.39 is 3.25 Å². The van der Waals surface area contributed by atoms with Crippen LogP contribution in [0.25, 0.3) is 0 Å². The Bertz CT molecular complexity index is 209. The molecule has 0 aromatic rings. The van der Waals surface area contributed by atoms with Crippen LogP contribution in [0.15, 0.2) is 12.7 Å². The molecule has 0 radical (unpaired) electrons. The molecule has 1 rings (SSSR count). The van der Waals surface area contributed by atoms with Crippen molar-refractivity contribution in [1.29, 1.82) is 0 Å². The highest BCUT2D eigenvalue weighted by atomic mass is 35.6. The number of hydrogen-bond acceptors (Lipinski definition) is 1. The minimum absolute atomic E-state index is 0.0579. The molecule has 1 unspecified atom stereocenters. The van der Waals surface area contributed by atoms with E-state index >= 15 is 0 Å². The van der Waals surface area contributed by atoms with Gasteiger partial charge in [-0.15, -0.1) is 6.58 Å². The Morgan fingerprint density at radius 2 is 1.87 bits per heavy atom. The number of alkyl halides is 4. The molecule has 1 aliphatic rings. The van der Waals surface area contributed by atoms with E-state index in [9.17, 15) is 4.79 Å². The summed E-state index contributed by atoms with van der Waals surface area (Å²) in [6.07, 6.45) is 4.95. The van der Waals surface area contributed by atoms with Crippen molar-refractivity contribution in [3.05, 3.63) is 12.7 Å². The first kappa shape index (κ1) is 15.4. The van der Waals surface area contributed by atoms with E-state index in [1.165, 1.54) is 0 Å². The monoisotopic (exact) mass is 291 g/mol. The van der Waals surface area contributed by atoms with Crippen molar-refractivity contribution < 1.29 is 4.79 Å². The van der Waals surface area contributed by atoms with Gasteiger partial charge in [0.25, 0.3) is 3.25 Å². The normalized spacial score (nSPS) is 21.9. The molecule has 1 aliphatic heterocycles. The molecule has 1 N–H and O–H groups in total. The summed E-state index contributed by atoms with van der Waals surface area (Å²) in [7, 11) is 0. The van der Waals surface area contributed by atoms with Crippen molar-refractivity contribution in [2.45, 2.75) is 22.5 Å². The fraction of sp³-hybridized carbons (Fsp3) is 0.667. The van der Waals surface area contributed by atoms with Crippen LogP contribution in [0.3, 0.4) is 0 Å². The maximum Gasteiger partial charge on any atom is 0.266 e. The van der Waals surface area contributed by atoms with E-state index in [0.717, 1.165) is 25.8 Å². The second-order valence-corrected chi connectivity index (χ2v) is 6.49. The highest BCUT2D eigenvalue weighted by Crippen LogP contribution is 2.29. The van der Waals surface area contributed by atoms with Gasteiger partial charge in [0.15, 0.2) is 0 Å². The Kier molecular flexibility index (Phi) is 7.80. The fourth-order valence-electron chi connectivity index (χ4n) is 1.19. The summed E-state index contributed by atoms with van der Waals surface area (Å²) < 4.78 is -1.61. The zero-order valence-corrected chi connectivity index (χ0v) is 11.1. The van der Waals surface area contributed by atoms with E-state index in [4.69, 9.17) is 46.4 Å². The zero-order valence-electron chi connectivity index (χ0n) is 8.11. The highest BCUT2D eigenvalue weighted by Gasteiger charge is 2.16. The molecule has 0 aromatic carbocycles. The Hall–Kier alpha value is 0.370. The van der Waals surface area contributed by atoms with Crippen LogP contribution in [0, 0.1) is 5.92 Å². The smallest absolute Gasteiger partial charge is 0.266 e. The molecule has 0 bridgehead atoms. The number of nitrogens with one attached hydrogen (secondary N) is 1. The first-order chi connectivity index (χ1) is 6.84. The number of hydrogen-bond donors (Lipinski definition) is 1. The van der Waals surface area contributed by atoms with Crippen LogP contribution in [-0.4, -0.2) is 15.7 Å². The third-order valence-corrected chi connectivity index (χ3v) is 1.86. The largest absolute Gasteiger partial charge is 0.356 e. The Balaban J connectivity index is 0.000000336. The van der Waals surface area contributed by atoms with Crippen molar-refractivity contribution >= 4 is 52.3 Å². The number of amides is 1. The van der Waals surface area contributed by atoms with Gasteiger partial charge in [-0.2, -0.15) is 0 Å². The first-order valence-electron chi connectivity index (χ1n) is 4.50. The fourth-order valence-corrected chi connectivity index (χ4v) is 1.19. The van der Waals surface area contributed by atoms with Crippen LogP contribution < -0.4 is 5.32 Å². The molecule has 1 heterocycles. The second kappa shape index (κ2) is 7.61. The van der Waals surface area contributed by atoms with Crippen LogP contribution in [0.1, 0.15) is 19.3 Å². The predicted octanol–water partition coefficient (Wildman–Crippen LogP) is 3.64. The van der Waals surface area contributed by atoms with Crippen LogP contribution in [-0.2, 0) is 4.79 Å². The lowest BCUT2D eigenvalue weighted by Gasteiger charge is -2.05. The lowest BCUT2D eigenvalue weighted by atomic mass is 10.0. The van der Waals surface area contributed by atoms with Gasteiger partial charge in [-0.1, -0.05) is 58.9 Å². The average Bonchev–Trinajstić information content (AvgIpc) is 2.26. The summed E-state index contributed by atoms with van der Waals surface area (Å²) in [5.74, 6) is 0.204. The van der Waals surface area contributed by atoms with E-state index in [2.05, 4.69) is 11.9 Å². The summed E-state index contributed by atoms with van der Waals surface area (Å²) in [6.45, 7) is 4.45. The molecule has 0 aliphatic carbocycles.